The number of carboxylic acids is 1. The average Bonchev–Trinajstić information content (AvgIpc) is 2.95. The summed E-state index contributed by atoms with van der Waals surface area (Å²) >= 11 is 1.51. The molecule has 1 aliphatic heterocycles. The third kappa shape index (κ3) is 2.89. The van der Waals surface area contributed by atoms with Gasteiger partial charge in [0, 0.05) is 5.75 Å². The van der Waals surface area contributed by atoms with Crippen molar-refractivity contribution in [2.75, 3.05) is 5.75 Å². The number of aliphatic carboxylic acids is 1. The minimum atomic E-state index is -0.956. The van der Waals surface area contributed by atoms with Crippen molar-refractivity contribution < 1.29 is 14.7 Å². The van der Waals surface area contributed by atoms with Crippen LogP contribution in [0, 0.1) is 5.92 Å². The van der Waals surface area contributed by atoms with Crippen molar-refractivity contribution >= 4 is 23.6 Å². The Labute approximate surface area is 115 Å². The van der Waals surface area contributed by atoms with Crippen LogP contribution in [-0.4, -0.2) is 53.8 Å². The number of carboxylic acid groups (broad SMARTS) is 1. The maximum atomic E-state index is 12.3. The Morgan fingerprint density at radius 1 is 1.53 bits per heavy atom. The summed E-state index contributed by atoms with van der Waals surface area (Å²) in [6.45, 7) is 3.99. The zero-order valence-electron chi connectivity index (χ0n) is 10.8. The highest BCUT2D eigenvalue weighted by atomic mass is 32.2. The summed E-state index contributed by atoms with van der Waals surface area (Å²) in [5, 5.41) is 13.0. The summed E-state index contributed by atoms with van der Waals surface area (Å²) in [4.78, 5) is 28.8. The van der Waals surface area contributed by atoms with Gasteiger partial charge < -0.3 is 10.0 Å². The van der Waals surface area contributed by atoms with Crippen molar-refractivity contribution in [3.8, 4) is 0 Å². The van der Waals surface area contributed by atoms with Gasteiger partial charge in [-0.1, -0.05) is 13.8 Å². The Bertz CT molecular complexity index is 463. The van der Waals surface area contributed by atoms with Crippen LogP contribution in [0.1, 0.15) is 13.8 Å². The molecule has 1 aliphatic rings. The lowest BCUT2D eigenvalue weighted by Gasteiger charge is -2.29. The molecular weight excluding hydrogens is 268 g/mol. The predicted molar refractivity (Wildman–Crippen MR) is 69.4 cm³/mol. The van der Waals surface area contributed by atoms with Crippen molar-refractivity contribution in [3.05, 3.63) is 12.7 Å². The van der Waals surface area contributed by atoms with Crippen molar-refractivity contribution in [2.45, 2.75) is 31.8 Å². The van der Waals surface area contributed by atoms with E-state index in [0.717, 1.165) is 0 Å². The Morgan fingerprint density at radius 3 is 2.79 bits per heavy atom. The fraction of sp³-hybridized carbons (Fsp3) is 0.636. The molecule has 0 aromatic carbocycles. The lowest BCUT2D eigenvalue weighted by atomic mass is 10.1. The van der Waals surface area contributed by atoms with Gasteiger partial charge in [-0.25, -0.2) is 14.5 Å². The quantitative estimate of drug-likeness (QED) is 0.855. The lowest BCUT2D eigenvalue weighted by molar-refractivity contribution is -0.149. The van der Waals surface area contributed by atoms with Gasteiger partial charge in [-0.3, -0.25) is 4.79 Å². The second kappa shape index (κ2) is 5.60. The number of nitrogens with zero attached hydrogens (tertiary/aromatic N) is 4. The standard InChI is InChI=1S/C11H16N4O3S/c1-7(2)10-15(8(4-19-10)11(17)18)9(16)3-14-6-12-5-13-14/h5-8,10H,3-4H2,1-2H3,(H,17,18). The molecule has 2 atom stereocenters. The maximum Gasteiger partial charge on any atom is 0.327 e. The Hall–Kier alpha value is -1.57. The first kappa shape index (κ1) is 13.9. The van der Waals surface area contributed by atoms with E-state index in [1.54, 1.807) is 0 Å². The molecule has 7 nitrogen and oxygen atoms in total. The molecule has 0 radical (unpaired) electrons. The molecule has 1 aromatic heterocycles. The molecule has 0 bridgehead atoms. The molecule has 8 heteroatoms. The van der Waals surface area contributed by atoms with Gasteiger partial charge in [0.25, 0.3) is 0 Å². The molecule has 1 aromatic rings. The molecule has 0 saturated carbocycles. The van der Waals surface area contributed by atoms with Crippen molar-refractivity contribution in [1.82, 2.24) is 19.7 Å². The maximum absolute atomic E-state index is 12.3. The first-order chi connectivity index (χ1) is 9.00. The van der Waals surface area contributed by atoms with Gasteiger partial charge in [0.1, 0.15) is 25.2 Å². The van der Waals surface area contributed by atoms with E-state index in [2.05, 4.69) is 10.1 Å². The largest absolute Gasteiger partial charge is 0.480 e. The van der Waals surface area contributed by atoms with Crippen LogP contribution in [0.25, 0.3) is 0 Å². The van der Waals surface area contributed by atoms with E-state index in [-0.39, 0.29) is 23.7 Å². The van der Waals surface area contributed by atoms with Crippen LogP contribution in [0.3, 0.4) is 0 Å². The zero-order valence-corrected chi connectivity index (χ0v) is 11.6. The van der Waals surface area contributed by atoms with Crippen LogP contribution >= 0.6 is 11.8 Å². The molecule has 1 fully saturated rings. The predicted octanol–water partition coefficient (Wildman–Crippen LogP) is 0.289. The number of carbonyl (C=O) groups excluding carboxylic acids is 1. The monoisotopic (exact) mass is 284 g/mol. The number of rotatable bonds is 4. The van der Waals surface area contributed by atoms with Gasteiger partial charge in [-0.05, 0) is 5.92 Å². The van der Waals surface area contributed by atoms with Gasteiger partial charge in [0.15, 0.2) is 0 Å². The van der Waals surface area contributed by atoms with Crippen LogP contribution in [0.4, 0.5) is 0 Å². The molecule has 1 saturated heterocycles. The summed E-state index contributed by atoms with van der Waals surface area (Å²) < 4.78 is 1.40. The highest BCUT2D eigenvalue weighted by Crippen LogP contribution is 2.34. The molecule has 19 heavy (non-hydrogen) atoms. The second-order valence-electron chi connectivity index (χ2n) is 4.72. The third-order valence-electron chi connectivity index (χ3n) is 2.94. The van der Waals surface area contributed by atoms with Gasteiger partial charge in [-0.15, -0.1) is 11.8 Å². The first-order valence-corrected chi connectivity index (χ1v) is 7.03. The van der Waals surface area contributed by atoms with Gasteiger partial charge in [0.05, 0.1) is 5.37 Å². The van der Waals surface area contributed by atoms with Crippen LogP contribution in [0.5, 0.6) is 0 Å². The molecule has 2 heterocycles. The van der Waals surface area contributed by atoms with E-state index in [0.29, 0.717) is 5.75 Å². The van der Waals surface area contributed by atoms with E-state index in [4.69, 9.17) is 0 Å². The first-order valence-electron chi connectivity index (χ1n) is 5.98. The van der Waals surface area contributed by atoms with Crippen molar-refractivity contribution in [1.29, 1.82) is 0 Å². The van der Waals surface area contributed by atoms with E-state index in [1.807, 2.05) is 13.8 Å². The molecule has 2 rings (SSSR count). The Balaban J connectivity index is 2.16. The highest BCUT2D eigenvalue weighted by molar-refractivity contribution is 8.00. The molecule has 104 valence electrons. The van der Waals surface area contributed by atoms with Crippen LogP contribution in [0.2, 0.25) is 0 Å². The molecular formula is C11H16N4O3S. The van der Waals surface area contributed by atoms with Crippen molar-refractivity contribution in [2.24, 2.45) is 5.92 Å². The molecule has 0 aliphatic carbocycles. The minimum absolute atomic E-state index is 0.0214. The summed E-state index contributed by atoms with van der Waals surface area (Å²) in [5.41, 5.74) is 0. The summed E-state index contributed by atoms with van der Waals surface area (Å²) in [6, 6.07) is -0.756. The number of aromatic nitrogens is 3. The van der Waals surface area contributed by atoms with E-state index in [9.17, 15) is 14.7 Å². The second-order valence-corrected chi connectivity index (χ2v) is 5.87. The number of hydrogen-bond acceptors (Lipinski definition) is 5. The molecule has 1 N–H and O–H groups in total. The normalized spacial score (nSPS) is 23.0. The molecule has 0 spiro atoms. The average molecular weight is 284 g/mol. The minimum Gasteiger partial charge on any atom is -0.480 e. The van der Waals surface area contributed by atoms with Gasteiger partial charge in [-0.2, -0.15) is 5.10 Å². The van der Waals surface area contributed by atoms with Crippen LogP contribution in [-0.2, 0) is 16.1 Å². The smallest absolute Gasteiger partial charge is 0.327 e. The number of carbonyl (C=O) groups is 2. The highest BCUT2D eigenvalue weighted by Gasteiger charge is 2.42. The van der Waals surface area contributed by atoms with Crippen LogP contribution < -0.4 is 0 Å². The lowest BCUT2D eigenvalue weighted by Crippen LogP contribution is -2.48. The summed E-state index contributed by atoms with van der Waals surface area (Å²) in [7, 11) is 0. The Morgan fingerprint density at radius 2 is 2.26 bits per heavy atom. The molecule has 2 unspecified atom stereocenters. The fourth-order valence-corrected chi connectivity index (χ4v) is 3.57. The Kier molecular flexibility index (Phi) is 4.08. The van der Waals surface area contributed by atoms with E-state index >= 15 is 0 Å². The zero-order chi connectivity index (χ0) is 14.0. The topological polar surface area (TPSA) is 88.3 Å². The number of amides is 1. The summed E-state index contributed by atoms with van der Waals surface area (Å²) in [5.74, 6) is -0.556. The van der Waals surface area contributed by atoms with Crippen molar-refractivity contribution in [3.63, 3.8) is 0 Å². The van der Waals surface area contributed by atoms with Gasteiger partial charge in [0.2, 0.25) is 5.91 Å². The van der Waals surface area contributed by atoms with Gasteiger partial charge >= 0.3 is 5.97 Å². The number of hydrogen-bond donors (Lipinski definition) is 1. The molecule has 1 amide bonds. The van der Waals surface area contributed by atoms with E-state index in [1.165, 1.54) is 34.0 Å². The number of thioether (sulfide) groups is 1. The fourth-order valence-electron chi connectivity index (χ4n) is 2.08. The summed E-state index contributed by atoms with van der Waals surface area (Å²) in [6.07, 6.45) is 2.79. The SMILES string of the molecule is CC(C)C1SCC(C(=O)O)N1C(=O)Cn1cncn1. The van der Waals surface area contributed by atoms with E-state index < -0.39 is 12.0 Å². The van der Waals surface area contributed by atoms with Crippen LogP contribution in [0.15, 0.2) is 12.7 Å². The third-order valence-corrected chi connectivity index (χ3v) is 4.56.